The first kappa shape index (κ1) is 14.2. The summed E-state index contributed by atoms with van der Waals surface area (Å²) >= 11 is 0. The summed E-state index contributed by atoms with van der Waals surface area (Å²) in [6.07, 6.45) is 0. The van der Waals surface area contributed by atoms with Crippen LogP contribution in [0.3, 0.4) is 0 Å². The SMILES string of the molecule is CCOC(=O)CNS(=O)(=O)c1cccc(C#N)c1. The van der Waals surface area contributed by atoms with Gasteiger partial charge in [0.15, 0.2) is 0 Å². The zero-order chi connectivity index (χ0) is 13.6. The Hall–Kier alpha value is -1.91. The molecule has 1 N–H and O–H groups in total. The van der Waals surface area contributed by atoms with Gasteiger partial charge in [-0.15, -0.1) is 0 Å². The molecule has 96 valence electrons. The predicted molar refractivity (Wildman–Crippen MR) is 63.0 cm³/mol. The Balaban J connectivity index is 2.80. The highest BCUT2D eigenvalue weighted by Crippen LogP contribution is 2.10. The second kappa shape index (κ2) is 6.14. The van der Waals surface area contributed by atoms with Crippen molar-refractivity contribution in [2.75, 3.05) is 13.2 Å². The van der Waals surface area contributed by atoms with E-state index >= 15 is 0 Å². The number of nitriles is 1. The molecule has 6 nitrogen and oxygen atoms in total. The first-order valence-corrected chi connectivity index (χ1v) is 6.63. The second-order valence-electron chi connectivity index (χ2n) is 3.27. The maximum atomic E-state index is 11.8. The normalized spacial score (nSPS) is 10.7. The Morgan fingerprint density at radius 1 is 1.50 bits per heavy atom. The van der Waals surface area contributed by atoms with Crippen molar-refractivity contribution in [3.63, 3.8) is 0 Å². The average molecular weight is 268 g/mol. The van der Waals surface area contributed by atoms with E-state index in [4.69, 9.17) is 5.26 Å². The highest BCUT2D eigenvalue weighted by atomic mass is 32.2. The minimum absolute atomic E-state index is 0.0640. The van der Waals surface area contributed by atoms with Crippen molar-refractivity contribution in [2.45, 2.75) is 11.8 Å². The summed E-state index contributed by atoms with van der Waals surface area (Å²) in [4.78, 5) is 11.0. The van der Waals surface area contributed by atoms with Crippen LogP contribution in [0.1, 0.15) is 12.5 Å². The Bertz CT molecular complexity index is 575. The number of carbonyl (C=O) groups is 1. The number of ether oxygens (including phenoxy) is 1. The van der Waals surface area contributed by atoms with Gasteiger partial charge in [0.25, 0.3) is 0 Å². The Morgan fingerprint density at radius 3 is 2.83 bits per heavy atom. The molecule has 1 aromatic carbocycles. The van der Waals surface area contributed by atoms with E-state index in [9.17, 15) is 13.2 Å². The fraction of sp³-hybridized carbons (Fsp3) is 0.273. The third-order valence-electron chi connectivity index (χ3n) is 1.99. The molecule has 7 heteroatoms. The minimum atomic E-state index is -3.81. The standard InChI is InChI=1S/C11H12N2O4S/c1-2-17-11(14)8-13-18(15,16)10-5-3-4-9(6-10)7-12/h3-6,13H,2,8H2,1H3. The van der Waals surface area contributed by atoms with Crippen LogP contribution in [0.25, 0.3) is 0 Å². The number of carbonyl (C=O) groups excluding carboxylic acids is 1. The van der Waals surface area contributed by atoms with E-state index in [-0.39, 0.29) is 17.1 Å². The van der Waals surface area contributed by atoms with Crippen molar-refractivity contribution in [2.24, 2.45) is 0 Å². The van der Waals surface area contributed by atoms with Gasteiger partial charge in [-0.3, -0.25) is 4.79 Å². The Kier molecular flexibility index (Phi) is 4.83. The summed E-state index contributed by atoms with van der Waals surface area (Å²) in [6, 6.07) is 7.36. The van der Waals surface area contributed by atoms with Crippen LogP contribution >= 0.6 is 0 Å². The molecule has 0 atom stereocenters. The highest BCUT2D eigenvalue weighted by Gasteiger charge is 2.16. The van der Waals surface area contributed by atoms with E-state index in [1.807, 2.05) is 6.07 Å². The van der Waals surface area contributed by atoms with E-state index in [2.05, 4.69) is 9.46 Å². The molecule has 0 heterocycles. The van der Waals surface area contributed by atoms with Crippen molar-refractivity contribution in [1.82, 2.24) is 4.72 Å². The lowest BCUT2D eigenvalue weighted by atomic mass is 10.2. The van der Waals surface area contributed by atoms with Crippen LogP contribution < -0.4 is 4.72 Å². The molecule has 0 unspecified atom stereocenters. The van der Waals surface area contributed by atoms with Crippen LogP contribution in [-0.4, -0.2) is 27.5 Å². The number of nitrogens with one attached hydrogen (secondary N) is 1. The van der Waals surface area contributed by atoms with E-state index < -0.39 is 22.5 Å². The van der Waals surface area contributed by atoms with Crippen molar-refractivity contribution in [1.29, 1.82) is 5.26 Å². The molecule has 0 saturated heterocycles. The lowest BCUT2D eigenvalue weighted by Gasteiger charge is -2.06. The predicted octanol–water partition coefficient (Wildman–Crippen LogP) is 0.400. The fourth-order valence-electron chi connectivity index (χ4n) is 1.18. The van der Waals surface area contributed by atoms with Gasteiger partial charge >= 0.3 is 5.97 Å². The molecule has 0 fully saturated rings. The van der Waals surface area contributed by atoms with E-state index in [0.29, 0.717) is 0 Å². The first-order chi connectivity index (χ1) is 8.49. The van der Waals surface area contributed by atoms with Crippen LogP contribution in [-0.2, 0) is 19.6 Å². The summed E-state index contributed by atoms with van der Waals surface area (Å²) < 4.78 is 30.3. The quantitative estimate of drug-likeness (QED) is 0.780. The van der Waals surface area contributed by atoms with Crippen LogP contribution in [0, 0.1) is 11.3 Å². The molecule has 0 radical (unpaired) electrons. The number of sulfonamides is 1. The summed E-state index contributed by atoms with van der Waals surface area (Å²) in [5.41, 5.74) is 0.231. The molecule has 0 bridgehead atoms. The van der Waals surface area contributed by atoms with Gasteiger partial charge in [0.05, 0.1) is 23.1 Å². The van der Waals surface area contributed by atoms with Gasteiger partial charge in [0.2, 0.25) is 10.0 Å². The van der Waals surface area contributed by atoms with Crippen LogP contribution in [0.4, 0.5) is 0 Å². The molecule has 0 aliphatic carbocycles. The number of nitrogens with zero attached hydrogens (tertiary/aromatic N) is 1. The topological polar surface area (TPSA) is 96.3 Å². The maximum Gasteiger partial charge on any atom is 0.321 e. The van der Waals surface area contributed by atoms with Crippen LogP contribution in [0.5, 0.6) is 0 Å². The molecular formula is C11H12N2O4S. The Morgan fingerprint density at radius 2 is 2.22 bits per heavy atom. The van der Waals surface area contributed by atoms with Crippen molar-refractivity contribution in [3.8, 4) is 6.07 Å². The van der Waals surface area contributed by atoms with Gasteiger partial charge < -0.3 is 4.74 Å². The first-order valence-electron chi connectivity index (χ1n) is 5.15. The molecule has 1 rings (SSSR count). The minimum Gasteiger partial charge on any atom is -0.465 e. The zero-order valence-electron chi connectivity index (χ0n) is 9.71. The van der Waals surface area contributed by atoms with Crippen molar-refractivity contribution >= 4 is 16.0 Å². The number of rotatable bonds is 5. The van der Waals surface area contributed by atoms with Gasteiger partial charge in [-0.2, -0.15) is 9.98 Å². The van der Waals surface area contributed by atoms with Gasteiger partial charge in [-0.25, -0.2) is 8.42 Å². The zero-order valence-corrected chi connectivity index (χ0v) is 10.5. The van der Waals surface area contributed by atoms with Gasteiger partial charge in [0, 0.05) is 0 Å². The van der Waals surface area contributed by atoms with Gasteiger partial charge in [-0.05, 0) is 25.1 Å². The summed E-state index contributed by atoms with van der Waals surface area (Å²) in [5.74, 6) is -0.655. The summed E-state index contributed by atoms with van der Waals surface area (Å²) in [6.45, 7) is 1.38. The number of esters is 1. The average Bonchev–Trinajstić information content (AvgIpc) is 2.37. The maximum absolute atomic E-state index is 11.8. The van der Waals surface area contributed by atoms with Crippen molar-refractivity contribution in [3.05, 3.63) is 29.8 Å². The molecule has 0 aromatic heterocycles. The summed E-state index contributed by atoms with van der Waals surface area (Å²) in [5, 5.41) is 8.68. The molecule has 0 aliphatic heterocycles. The lowest BCUT2D eigenvalue weighted by Crippen LogP contribution is -2.30. The summed E-state index contributed by atoms with van der Waals surface area (Å²) in [7, 11) is -3.81. The smallest absolute Gasteiger partial charge is 0.321 e. The van der Waals surface area contributed by atoms with E-state index in [1.54, 1.807) is 6.92 Å². The highest BCUT2D eigenvalue weighted by molar-refractivity contribution is 7.89. The van der Waals surface area contributed by atoms with Crippen molar-refractivity contribution < 1.29 is 17.9 Å². The third-order valence-corrected chi connectivity index (χ3v) is 3.38. The second-order valence-corrected chi connectivity index (χ2v) is 5.04. The number of hydrogen-bond donors (Lipinski definition) is 1. The molecule has 18 heavy (non-hydrogen) atoms. The van der Waals surface area contributed by atoms with E-state index in [1.165, 1.54) is 24.3 Å². The molecule has 0 saturated carbocycles. The number of hydrogen-bond acceptors (Lipinski definition) is 5. The van der Waals surface area contributed by atoms with Crippen LogP contribution in [0.2, 0.25) is 0 Å². The molecule has 0 amide bonds. The Labute approximate surface area is 105 Å². The molecule has 0 aliphatic rings. The number of benzene rings is 1. The molecular weight excluding hydrogens is 256 g/mol. The molecule has 0 spiro atoms. The van der Waals surface area contributed by atoms with Gasteiger partial charge in [-0.1, -0.05) is 6.07 Å². The molecule has 1 aromatic rings. The largest absolute Gasteiger partial charge is 0.465 e. The third kappa shape index (κ3) is 3.84. The van der Waals surface area contributed by atoms with Crippen LogP contribution in [0.15, 0.2) is 29.2 Å². The monoisotopic (exact) mass is 268 g/mol. The van der Waals surface area contributed by atoms with Gasteiger partial charge in [0.1, 0.15) is 6.54 Å². The fourth-order valence-corrected chi connectivity index (χ4v) is 2.20. The van der Waals surface area contributed by atoms with E-state index in [0.717, 1.165) is 0 Å². The lowest BCUT2D eigenvalue weighted by molar-refractivity contribution is -0.141.